The minimum absolute atomic E-state index is 1.02. The molecule has 2 nitrogen and oxygen atoms in total. The average Bonchev–Trinajstić information content (AvgIpc) is 2.84. The van der Waals surface area contributed by atoms with E-state index in [4.69, 9.17) is 0 Å². The molecule has 30 heavy (non-hydrogen) atoms. The van der Waals surface area contributed by atoms with Gasteiger partial charge in [0.2, 0.25) is 0 Å². The minimum atomic E-state index is 1.02. The van der Waals surface area contributed by atoms with E-state index in [1.165, 1.54) is 21.9 Å². The van der Waals surface area contributed by atoms with Crippen LogP contribution in [0.5, 0.6) is 0 Å². The highest BCUT2D eigenvalue weighted by molar-refractivity contribution is 5.94. The van der Waals surface area contributed by atoms with E-state index in [1.807, 2.05) is 12.3 Å². The van der Waals surface area contributed by atoms with Crippen molar-refractivity contribution in [3.63, 3.8) is 0 Å². The highest BCUT2D eigenvalue weighted by Gasteiger charge is 2.08. The summed E-state index contributed by atoms with van der Waals surface area (Å²) in [5.74, 6) is 0. The molecular formula is C28H22N2. The molecule has 0 atom stereocenters. The normalized spacial score (nSPS) is 10.8. The third kappa shape index (κ3) is 3.44. The predicted octanol–water partition coefficient (Wildman–Crippen LogP) is 7.34. The summed E-state index contributed by atoms with van der Waals surface area (Å²) in [6.45, 7) is 0. The second-order valence-electron chi connectivity index (χ2n) is 7.40. The Hall–Kier alpha value is -3.91. The van der Waals surface area contributed by atoms with Gasteiger partial charge in [0, 0.05) is 35.6 Å². The van der Waals surface area contributed by atoms with E-state index in [0.29, 0.717) is 0 Å². The minimum Gasteiger partial charge on any atom is -0.345 e. The smallest absolute Gasteiger partial charge is 0.0780 e. The van der Waals surface area contributed by atoms with Crippen LogP contribution < -0.4 is 4.90 Å². The standard InChI is InChI=1S/C28H22N2/c1-30(25-15-11-22(12-16-25)21-7-3-2-4-8-21)26-17-13-24(14-18-26)28-27-10-6-5-9-23(27)19-20-29-28/h2-20H,1H3. The Balaban J connectivity index is 1.41. The van der Waals surface area contributed by atoms with Crippen LogP contribution >= 0.6 is 0 Å². The van der Waals surface area contributed by atoms with Crippen molar-refractivity contribution in [1.82, 2.24) is 4.98 Å². The number of fused-ring (bicyclic) bond motifs is 1. The quantitative estimate of drug-likeness (QED) is 0.321. The van der Waals surface area contributed by atoms with Crippen LogP contribution in [0, 0.1) is 0 Å². The predicted molar refractivity (Wildman–Crippen MR) is 127 cm³/mol. The molecule has 0 unspecified atom stereocenters. The molecule has 5 rings (SSSR count). The van der Waals surface area contributed by atoms with Gasteiger partial charge in [-0.25, -0.2) is 0 Å². The van der Waals surface area contributed by atoms with Gasteiger partial charge < -0.3 is 4.90 Å². The Labute approximate surface area is 177 Å². The number of rotatable bonds is 4. The molecule has 0 saturated carbocycles. The Morgan fingerprint density at radius 3 is 1.80 bits per heavy atom. The van der Waals surface area contributed by atoms with Gasteiger partial charge in [-0.15, -0.1) is 0 Å². The molecule has 0 N–H and O–H groups in total. The number of benzene rings is 4. The maximum atomic E-state index is 4.63. The average molecular weight is 386 g/mol. The van der Waals surface area contributed by atoms with Crippen LogP contribution in [-0.4, -0.2) is 12.0 Å². The first kappa shape index (κ1) is 18.1. The highest BCUT2D eigenvalue weighted by atomic mass is 15.1. The fourth-order valence-corrected chi connectivity index (χ4v) is 3.85. The van der Waals surface area contributed by atoms with Gasteiger partial charge in [-0.1, -0.05) is 78.9 Å². The molecule has 0 fully saturated rings. The van der Waals surface area contributed by atoms with Crippen LogP contribution in [0.3, 0.4) is 0 Å². The molecule has 144 valence electrons. The van der Waals surface area contributed by atoms with E-state index in [1.54, 1.807) is 0 Å². The lowest BCUT2D eigenvalue weighted by Crippen LogP contribution is -2.09. The van der Waals surface area contributed by atoms with Gasteiger partial charge in [-0.05, 0) is 46.8 Å². The maximum Gasteiger partial charge on any atom is 0.0780 e. The lowest BCUT2D eigenvalue weighted by molar-refractivity contribution is 1.21. The molecule has 4 aromatic carbocycles. The molecule has 0 amide bonds. The van der Waals surface area contributed by atoms with Gasteiger partial charge in [0.15, 0.2) is 0 Å². The van der Waals surface area contributed by atoms with E-state index in [9.17, 15) is 0 Å². The zero-order valence-electron chi connectivity index (χ0n) is 16.9. The maximum absolute atomic E-state index is 4.63. The molecule has 0 aliphatic heterocycles. The summed E-state index contributed by atoms with van der Waals surface area (Å²) in [6.07, 6.45) is 1.88. The first-order valence-electron chi connectivity index (χ1n) is 10.1. The Bertz CT molecular complexity index is 1270. The van der Waals surface area contributed by atoms with Gasteiger partial charge in [-0.3, -0.25) is 4.98 Å². The molecule has 5 aromatic rings. The first-order valence-corrected chi connectivity index (χ1v) is 10.1. The zero-order chi connectivity index (χ0) is 20.3. The van der Waals surface area contributed by atoms with Gasteiger partial charge in [-0.2, -0.15) is 0 Å². The molecule has 1 aromatic heterocycles. The fraction of sp³-hybridized carbons (Fsp3) is 0.0357. The fourth-order valence-electron chi connectivity index (χ4n) is 3.85. The van der Waals surface area contributed by atoms with Crippen LogP contribution in [-0.2, 0) is 0 Å². The SMILES string of the molecule is CN(c1ccc(-c2ccccc2)cc1)c1ccc(-c2nccc3ccccc23)cc1. The second kappa shape index (κ2) is 7.84. The monoisotopic (exact) mass is 386 g/mol. The first-order chi connectivity index (χ1) is 14.8. The van der Waals surface area contributed by atoms with Gasteiger partial charge in [0.1, 0.15) is 0 Å². The van der Waals surface area contributed by atoms with Crippen LogP contribution in [0.15, 0.2) is 115 Å². The van der Waals surface area contributed by atoms with E-state index >= 15 is 0 Å². The Morgan fingerprint density at radius 1 is 0.533 bits per heavy atom. The molecule has 2 heteroatoms. The van der Waals surface area contributed by atoms with Crippen molar-refractivity contribution in [2.24, 2.45) is 0 Å². The third-order valence-corrected chi connectivity index (χ3v) is 5.56. The largest absolute Gasteiger partial charge is 0.345 e. The summed E-state index contributed by atoms with van der Waals surface area (Å²) in [5.41, 5.74) is 6.92. The molecule has 0 bridgehead atoms. The second-order valence-corrected chi connectivity index (χ2v) is 7.40. The number of nitrogens with zero attached hydrogens (tertiary/aromatic N) is 2. The Kier molecular flexibility index (Phi) is 4.74. The topological polar surface area (TPSA) is 16.1 Å². The number of aromatic nitrogens is 1. The summed E-state index contributed by atoms with van der Waals surface area (Å²) in [7, 11) is 2.10. The van der Waals surface area contributed by atoms with Crippen molar-refractivity contribution in [3.8, 4) is 22.4 Å². The molecule has 0 saturated heterocycles. The lowest BCUT2D eigenvalue weighted by atomic mass is 10.0. The van der Waals surface area contributed by atoms with E-state index in [0.717, 1.165) is 22.6 Å². The van der Waals surface area contributed by atoms with Crippen molar-refractivity contribution in [2.45, 2.75) is 0 Å². The number of anilines is 2. The van der Waals surface area contributed by atoms with Crippen LogP contribution in [0.25, 0.3) is 33.2 Å². The third-order valence-electron chi connectivity index (χ3n) is 5.56. The highest BCUT2D eigenvalue weighted by Crippen LogP contribution is 2.31. The number of pyridine rings is 1. The van der Waals surface area contributed by atoms with E-state index in [2.05, 4.69) is 120 Å². The van der Waals surface area contributed by atoms with E-state index in [-0.39, 0.29) is 0 Å². The molecular weight excluding hydrogens is 364 g/mol. The summed E-state index contributed by atoms with van der Waals surface area (Å²) in [4.78, 5) is 6.84. The summed E-state index contributed by atoms with van der Waals surface area (Å²) in [6, 6.07) is 38.2. The van der Waals surface area contributed by atoms with Crippen molar-refractivity contribution in [1.29, 1.82) is 0 Å². The number of hydrogen-bond acceptors (Lipinski definition) is 2. The van der Waals surface area contributed by atoms with Crippen molar-refractivity contribution < 1.29 is 0 Å². The van der Waals surface area contributed by atoms with Crippen LogP contribution in [0.1, 0.15) is 0 Å². The Morgan fingerprint density at radius 2 is 1.10 bits per heavy atom. The van der Waals surface area contributed by atoms with Crippen LogP contribution in [0.2, 0.25) is 0 Å². The summed E-state index contributed by atoms with van der Waals surface area (Å²) >= 11 is 0. The van der Waals surface area contributed by atoms with Crippen LogP contribution in [0.4, 0.5) is 11.4 Å². The lowest BCUT2D eigenvalue weighted by Gasteiger charge is -2.20. The van der Waals surface area contributed by atoms with Gasteiger partial charge in [0.25, 0.3) is 0 Å². The van der Waals surface area contributed by atoms with E-state index < -0.39 is 0 Å². The molecule has 0 aliphatic rings. The number of hydrogen-bond donors (Lipinski definition) is 0. The molecule has 0 aliphatic carbocycles. The molecule has 1 heterocycles. The van der Waals surface area contributed by atoms with Crippen molar-refractivity contribution >= 4 is 22.1 Å². The van der Waals surface area contributed by atoms with Crippen molar-refractivity contribution in [3.05, 3.63) is 115 Å². The molecule has 0 spiro atoms. The zero-order valence-corrected chi connectivity index (χ0v) is 16.9. The summed E-state index contributed by atoms with van der Waals surface area (Å²) < 4.78 is 0. The van der Waals surface area contributed by atoms with Gasteiger partial charge >= 0.3 is 0 Å². The molecule has 0 radical (unpaired) electrons. The van der Waals surface area contributed by atoms with Gasteiger partial charge in [0.05, 0.1) is 5.69 Å². The summed E-state index contributed by atoms with van der Waals surface area (Å²) in [5, 5.41) is 2.39. The van der Waals surface area contributed by atoms with Crippen molar-refractivity contribution in [2.75, 3.05) is 11.9 Å².